The number of imide groups is 1. The van der Waals surface area contributed by atoms with Gasteiger partial charge in [-0.2, -0.15) is 0 Å². The first-order valence-electron chi connectivity index (χ1n) is 9.92. The van der Waals surface area contributed by atoms with Gasteiger partial charge in [0, 0.05) is 25.7 Å². The van der Waals surface area contributed by atoms with Crippen LogP contribution in [-0.2, 0) is 19.1 Å². The molecule has 7 heteroatoms. The Hall–Kier alpha value is -2.44. The topological polar surface area (TPSA) is 88.6 Å². The van der Waals surface area contributed by atoms with Gasteiger partial charge in [0.05, 0.1) is 11.8 Å². The molecule has 28 heavy (non-hydrogen) atoms. The summed E-state index contributed by atoms with van der Waals surface area (Å²) in [7, 11) is 0. The van der Waals surface area contributed by atoms with E-state index in [2.05, 4.69) is 15.2 Å². The molecule has 2 amide bonds. The fraction of sp³-hybridized carbons (Fsp3) is 0.619. The molecule has 2 saturated heterocycles. The summed E-state index contributed by atoms with van der Waals surface area (Å²) >= 11 is 0. The van der Waals surface area contributed by atoms with Crippen molar-refractivity contribution in [2.75, 3.05) is 18.0 Å². The summed E-state index contributed by atoms with van der Waals surface area (Å²) in [5.41, 5.74) is 1.41. The second-order valence-corrected chi connectivity index (χ2v) is 8.70. The van der Waals surface area contributed by atoms with Crippen LogP contribution in [-0.4, -0.2) is 41.5 Å². The van der Waals surface area contributed by atoms with Crippen molar-refractivity contribution >= 4 is 23.6 Å². The van der Waals surface area contributed by atoms with Crippen molar-refractivity contribution in [3.05, 3.63) is 23.4 Å². The van der Waals surface area contributed by atoms with E-state index in [1.54, 1.807) is 6.20 Å². The number of piperidine rings is 2. The van der Waals surface area contributed by atoms with E-state index in [-0.39, 0.29) is 29.6 Å². The second-order valence-electron chi connectivity index (χ2n) is 8.70. The van der Waals surface area contributed by atoms with Crippen LogP contribution < -0.4 is 10.2 Å². The van der Waals surface area contributed by atoms with Gasteiger partial charge < -0.3 is 9.64 Å². The van der Waals surface area contributed by atoms with E-state index in [1.807, 2.05) is 33.8 Å². The van der Waals surface area contributed by atoms with E-state index in [1.165, 1.54) is 0 Å². The number of ether oxygens (including phenoxy) is 1. The van der Waals surface area contributed by atoms with Gasteiger partial charge in [0.25, 0.3) is 0 Å². The van der Waals surface area contributed by atoms with E-state index in [4.69, 9.17) is 4.74 Å². The Morgan fingerprint density at radius 2 is 1.89 bits per heavy atom. The van der Waals surface area contributed by atoms with Crippen molar-refractivity contribution in [1.29, 1.82) is 0 Å². The van der Waals surface area contributed by atoms with Gasteiger partial charge in [-0.3, -0.25) is 19.7 Å². The number of nitrogens with zero attached hydrogens (tertiary/aromatic N) is 2. The number of carbonyl (C=O) groups is 3. The third kappa shape index (κ3) is 4.69. The lowest BCUT2D eigenvalue weighted by Crippen LogP contribution is -2.40. The molecule has 152 valence electrons. The molecule has 1 atom stereocenters. The van der Waals surface area contributed by atoms with Crippen LogP contribution in [0.4, 0.5) is 5.82 Å². The SMILES string of the molecule is Cc1cc(N2CCC(C(=O)OC(C)(C)C)CC2)ncc1[C@H]1CCC(=O)NC1=O. The first-order valence-corrected chi connectivity index (χ1v) is 9.92. The third-order valence-corrected chi connectivity index (χ3v) is 5.31. The number of hydrogen-bond acceptors (Lipinski definition) is 6. The monoisotopic (exact) mass is 387 g/mol. The zero-order valence-electron chi connectivity index (χ0n) is 17.1. The average Bonchev–Trinajstić information content (AvgIpc) is 2.61. The van der Waals surface area contributed by atoms with Crippen LogP contribution in [0.25, 0.3) is 0 Å². The molecule has 1 N–H and O–H groups in total. The molecule has 3 heterocycles. The number of anilines is 1. The summed E-state index contributed by atoms with van der Waals surface area (Å²) in [5.74, 6) is -0.111. The minimum Gasteiger partial charge on any atom is -0.460 e. The number of pyridine rings is 1. The maximum Gasteiger partial charge on any atom is 0.309 e. The van der Waals surface area contributed by atoms with Gasteiger partial charge in [-0.25, -0.2) is 4.98 Å². The van der Waals surface area contributed by atoms with Crippen molar-refractivity contribution in [3.63, 3.8) is 0 Å². The average molecular weight is 387 g/mol. The first kappa shape index (κ1) is 20.3. The van der Waals surface area contributed by atoms with Gasteiger partial charge in [-0.1, -0.05) is 0 Å². The zero-order chi connectivity index (χ0) is 20.5. The van der Waals surface area contributed by atoms with Crippen molar-refractivity contribution in [3.8, 4) is 0 Å². The van der Waals surface area contributed by atoms with Gasteiger partial charge in [-0.05, 0) is 64.2 Å². The lowest BCUT2D eigenvalue weighted by molar-refractivity contribution is -0.160. The van der Waals surface area contributed by atoms with Crippen LogP contribution in [0.2, 0.25) is 0 Å². The molecule has 0 saturated carbocycles. The summed E-state index contributed by atoms with van der Waals surface area (Å²) in [4.78, 5) is 42.5. The number of rotatable bonds is 3. The molecule has 0 bridgehead atoms. The summed E-state index contributed by atoms with van der Waals surface area (Å²) < 4.78 is 5.50. The van der Waals surface area contributed by atoms with E-state index in [0.717, 1.165) is 42.9 Å². The Morgan fingerprint density at radius 1 is 1.21 bits per heavy atom. The van der Waals surface area contributed by atoms with Crippen molar-refractivity contribution in [1.82, 2.24) is 10.3 Å². The Bertz CT molecular complexity index is 776. The lowest BCUT2D eigenvalue weighted by Gasteiger charge is -2.33. The smallest absolute Gasteiger partial charge is 0.309 e. The van der Waals surface area contributed by atoms with Crippen LogP contribution in [0.3, 0.4) is 0 Å². The fourth-order valence-electron chi connectivity index (χ4n) is 3.81. The molecule has 0 radical (unpaired) electrons. The molecule has 0 spiro atoms. The molecule has 7 nitrogen and oxygen atoms in total. The predicted molar refractivity (Wildman–Crippen MR) is 105 cm³/mol. The van der Waals surface area contributed by atoms with Gasteiger partial charge in [0.2, 0.25) is 11.8 Å². The standard InChI is InChI=1S/C21H29N3O4/c1-13-11-17(22-12-16(13)15-5-6-18(25)23-19(15)26)24-9-7-14(8-10-24)20(27)28-21(2,3)4/h11-12,14-15H,5-10H2,1-4H3,(H,23,25,26)/t15-/m1/s1. The molecule has 0 aromatic carbocycles. The molecule has 0 aliphatic carbocycles. The molecule has 1 aromatic heterocycles. The molecule has 2 aliphatic heterocycles. The molecule has 2 aliphatic rings. The van der Waals surface area contributed by atoms with Crippen molar-refractivity contribution in [2.45, 2.75) is 64.9 Å². The maximum absolute atomic E-state index is 12.3. The van der Waals surface area contributed by atoms with Crippen molar-refractivity contribution in [2.24, 2.45) is 5.92 Å². The van der Waals surface area contributed by atoms with E-state index in [9.17, 15) is 14.4 Å². The van der Waals surface area contributed by atoms with Crippen LogP contribution in [0.5, 0.6) is 0 Å². The largest absolute Gasteiger partial charge is 0.460 e. The van der Waals surface area contributed by atoms with Gasteiger partial charge >= 0.3 is 5.97 Å². The number of nitrogens with one attached hydrogen (secondary N) is 1. The fourth-order valence-corrected chi connectivity index (χ4v) is 3.81. The Kier molecular flexibility index (Phi) is 5.72. The van der Waals surface area contributed by atoms with Crippen LogP contribution >= 0.6 is 0 Å². The predicted octanol–water partition coefficient (Wildman–Crippen LogP) is 2.47. The quantitative estimate of drug-likeness (QED) is 0.633. The Morgan fingerprint density at radius 3 is 2.46 bits per heavy atom. The molecular formula is C21H29N3O4. The minimum absolute atomic E-state index is 0.0701. The van der Waals surface area contributed by atoms with Gasteiger partial charge in [-0.15, -0.1) is 0 Å². The normalized spacial score (nSPS) is 21.4. The molecule has 1 aromatic rings. The Balaban J connectivity index is 1.63. The number of amides is 2. The van der Waals surface area contributed by atoms with Gasteiger partial charge in [0.15, 0.2) is 0 Å². The van der Waals surface area contributed by atoms with E-state index < -0.39 is 5.60 Å². The zero-order valence-corrected chi connectivity index (χ0v) is 17.1. The third-order valence-electron chi connectivity index (χ3n) is 5.31. The highest BCUT2D eigenvalue weighted by molar-refractivity contribution is 6.01. The van der Waals surface area contributed by atoms with Crippen LogP contribution in [0.15, 0.2) is 12.3 Å². The van der Waals surface area contributed by atoms with E-state index in [0.29, 0.717) is 12.8 Å². The molecule has 3 rings (SSSR count). The first-order chi connectivity index (χ1) is 13.1. The van der Waals surface area contributed by atoms with Crippen LogP contribution in [0.1, 0.15) is 63.5 Å². The lowest BCUT2D eigenvalue weighted by atomic mass is 9.89. The maximum atomic E-state index is 12.3. The van der Waals surface area contributed by atoms with Crippen molar-refractivity contribution < 1.29 is 19.1 Å². The summed E-state index contributed by atoms with van der Waals surface area (Å²) in [6, 6.07) is 1.99. The minimum atomic E-state index is -0.460. The Labute approximate surface area is 165 Å². The molecule has 2 fully saturated rings. The number of aromatic nitrogens is 1. The number of esters is 1. The summed E-state index contributed by atoms with van der Waals surface area (Å²) in [5, 5.41) is 2.40. The summed E-state index contributed by atoms with van der Waals surface area (Å²) in [6.07, 6.45) is 4.11. The van der Waals surface area contributed by atoms with Crippen LogP contribution in [0, 0.1) is 12.8 Å². The van der Waals surface area contributed by atoms with E-state index >= 15 is 0 Å². The van der Waals surface area contributed by atoms with Gasteiger partial charge in [0.1, 0.15) is 11.4 Å². The number of carbonyl (C=O) groups excluding carboxylic acids is 3. The second kappa shape index (κ2) is 7.89. The number of aryl methyl sites for hydroxylation is 1. The highest BCUT2D eigenvalue weighted by Gasteiger charge is 2.31. The highest BCUT2D eigenvalue weighted by Crippen LogP contribution is 2.30. The number of hydrogen-bond donors (Lipinski definition) is 1. The molecule has 0 unspecified atom stereocenters. The molecular weight excluding hydrogens is 358 g/mol. The highest BCUT2D eigenvalue weighted by atomic mass is 16.6. The summed E-state index contributed by atoms with van der Waals surface area (Å²) in [6.45, 7) is 9.12.